The van der Waals surface area contributed by atoms with Crippen molar-refractivity contribution < 1.29 is 19.1 Å². The number of hydrogen-bond donors (Lipinski definition) is 1. The smallest absolute Gasteiger partial charge is 0.340 e. The first-order chi connectivity index (χ1) is 14.5. The molecule has 154 valence electrons. The Morgan fingerprint density at radius 2 is 1.83 bits per heavy atom. The SMILES string of the molecule is CCOC(=O)C1=C(N)OC2=C(C(=O)CC(c3ccccc3)C2)C1c1ccccc1Cl. The number of halogens is 1. The van der Waals surface area contributed by atoms with Gasteiger partial charge in [-0.1, -0.05) is 60.1 Å². The van der Waals surface area contributed by atoms with E-state index >= 15 is 0 Å². The Hall–Kier alpha value is -3.05. The predicted octanol–water partition coefficient (Wildman–Crippen LogP) is 4.59. The van der Waals surface area contributed by atoms with Crippen LogP contribution in [0.2, 0.25) is 5.02 Å². The minimum absolute atomic E-state index is 0.0127. The highest BCUT2D eigenvalue weighted by Crippen LogP contribution is 2.48. The Kier molecular flexibility index (Phi) is 5.64. The molecule has 0 bridgehead atoms. The van der Waals surface area contributed by atoms with Gasteiger partial charge in [-0.25, -0.2) is 4.79 Å². The van der Waals surface area contributed by atoms with Gasteiger partial charge in [-0.2, -0.15) is 0 Å². The van der Waals surface area contributed by atoms with Gasteiger partial charge in [0.1, 0.15) is 11.3 Å². The number of ketones is 1. The van der Waals surface area contributed by atoms with Gasteiger partial charge in [0.2, 0.25) is 5.88 Å². The van der Waals surface area contributed by atoms with Gasteiger partial charge in [0.25, 0.3) is 0 Å². The first kappa shape index (κ1) is 20.2. The predicted molar refractivity (Wildman–Crippen MR) is 114 cm³/mol. The molecule has 0 amide bonds. The third kappa shape index (κ3) is 3.61. The molecule has 1 aliphatic heterocycles. The van der Waals surface area contributed by atoms with Gasteiger partial charge in [-0.15, -0.1) is 0 Å². The maximum Gasteiger partial charge on any atom is 0.340 e. The molecule has 2 aromatic carbocycles. The summed E-state index contributed by atoms with van der Waals surface area (Å²) >= 11 is 6.47. The fourth-order valence-corrected chi connectivity index (χ4v) is 4.44. The molecule has 0 fully saturated rings. The molecule has 30 heavy (non-hydrogen) atoms. The zero-order valence-corrected chi connectivity index (χ0v) is 17.3. The number of carbonyl (C=O) groups excluding carboxylic acids is 2. The van der Waals surface area contributed by atoms with Gasteiger partial charge in [0, 0.05) is 23.4 Å². The van der Waals surface area contributed by atoms with Crippen molar-refractivity contribution in [3.63, 3.8) is 0 Å². The summed E-state index contributed by atoms with van der Waals surface area (Å²) in [6, 6.07) is 17.0. The van der Waals surface area contributed by atoms with Crippen LogP contribution in [0.5, 0.6) is 0 Å². The van der Waals surface area contributed by atoms with E-state index in [0.717, 1.165) is 5.56 Å². The van der Waals surface area contributed by atoms with Crippen molar-refractivity contribution in [2.45, 2.75) is 31.6 Å². The standard InChI is InChI=1S/C24H22ClNO4/c1-2-29-24(28)22-20(16-10-6-7-11-17(16)25)21-18(27)12-15(13-19(21)30-23(22)26)14-8-4-3-5-9-14/h3-11,15,20H,2,12-13,26H2,1H3. The summed E-state index contributed by atoms with van der Waals surface area (Å²) < 4.78 is 11.1. The maximum atomic E-state index is 13.3. The summed E-state index contributed by atoms with van der Waals surface area (Å²) in [6.45, 7) is 1.89. The molecule has 2 atom stereocenters. The molecule has 0 radical (unpaired) electrons. The molecule has 2 N–H and O–H groups in total. The Labute approximate surface area is 180 Å². The monoisotopic (exact) mass is 423 g/mol. The number of ether oxygens (including phenoxy) is 2. The van der Waals surface area contributed by atoms with Crippen LogP contribution >= 0.6 is 11.6 Å². The van der Waals surface area contributed by atoms with Crippen LogP contribution in [-0.4, -0.2) is 18.4 Å². The lowest BCUT2D eigenvalue weighted by molar-refractivity contribution is -0.139. The highest BCUT2D eigenvalue weighted by molar-refractivity contribution is 6.31. The van der Waals surface area contributed by atoms with E-state index < -0.39 is 11.9 Å². The normalized spacial score (nSPS) is 21.2. The lowest BCUT2D eigenvalue weighted by atomic mass is 9.73. The number of esters is 1. The van der Waals surface area contributed by atoms with E-state index in [-0.39, 0.29) is 29.8 Å². The number of Topliss-reactive ketones (excluding diaryl/α,β-unsaturated/α-hetero) is 1. The number of allylic oxidation sites excluding steroid dienone is 2. The summed E-state index contributed by atoms with van der Waals surface area (Å²) in [5, 5.41) is 0.448. The van der Waals surface area contributed by atoms with Gasteiger partial charge in [0.05, 0.1) is 12.5 Å². The van der Waals surface area contributed by atoms with Gasteiger partial charge < -0.3 is 15.2 Å². The fraction of sp³-hybridized carbons (Fsp3) is 0.250. The molecule has 5 nitrogen and oxygen atoms in total. The lowest BCUT2D eigenvalue weighted by Gasteiger charge is -2.35. The Bertz CT molecular complexity index is 1060. The van der Waals surface area contributed by atoms with Crippen LogP contribution in [0.1, 0.15) is 42.7 Å². The number of carbonyl (C=O) groups is 2. The molecule has 2 aromatic rings. The second-order valence-corrected chi connectivity index (χ2v) is 7.74. The zero-order valence-electron chi connectivity index (χ0n) is 16.6. The van der Waals surface area contributed by atoms with E-state index in [1.807, 2.05) is 36.4 Å². The van der Waals surface area contributed by atoms with Crippen LogP contribution in [0.15, 0.2) is 77.4 Å². The number of rotatable bonds is 4. The van der Waals surface area contributed by atoms with E-state index in [2.05, 4.69) is 0 Å². The second kappa shape index (κ2) is 8.36. The van der Waals surface area contributed by atoms with E-state index in [9.17, 15) is 9.59 Å². The number of nitrogens with two attached hydrogens (primary N) is 1. The number of benzene rings is 2. The third-order valence-corrected chi connectivity index (χ3v) is 5.87. The molecule has 0 spiro atoms. The minimum Gasteiger partial charge on any atom is -0.462 e. The van der Waals surface area contributed by atoms with E-state index in [0.29, 0.717) is 34.8 Å². The molecule has 1 aliphatic carbocycles. The molecular formula is C24H22ClNO4. The van der Waals surface area contributed by atoms with Crippen LogP contribution in [0.3, 0.4) is 0 Å². The topological polar surface area (TPSA) is 78.6 Å². The van der Waals surface area contributed by atoms with Crippen LogP contribution in [-0.2, 0) is 19.1 Å². The maximum absolute atomic E-state index is 13.3. The minimum atomic E-state index is -0.717. The first-order valence-electron chi connectivity index (χ1n) is 9.91. The fourth-order valence-electron chi connectivity index (χ4n) is 4.20. The lowest BCUT2D eigenvalue weighted by Crippen LogP contribution is -2.33. The van der Waals surface area contributed by atoms with Crippen LogP contribution in [0, 0.1) is 0 Å². The van der Waals surface area contributed by atoms with Crippen molar-refractivity contribution in [1.29, 1.82) is 0 Å². The molecular weight excluding hydrogens is 402 g/mol. The molecule has 0 aromatic heterocycles. The van der Waals surface area contributed by atoms with Gasteiger partial charge in [0.15, 0.2) is 5.78 Å². The molecule has 2 unspecified atom stereocenters. The van der Waals surface area contributed by atoms with E-state index in [4.69, 9.17) is 26.8 Å². The molecule has 2 aliphatic rings. The molecule has 4 rings (SSSR count). The summed E-state index contributed by atoms with van der Waals surface area (Å²) in [5.74, 6) is -0.963. The van der Waals surface area contributed by atoms with Gasteiger partial charge in [-0.05, 0) is 30.0 Å². The Morgan fingerprint density at radius 3 is 2.53 bits per heavy atom. The van der Waals surface area contributed by atoms with Crippen molar-refractivity contribution in [2.75, 3.05) is 6.61 Å². The van der Waals surface area contributed by atoms with Crippen molar-refractivity contribution >= 4 is 23.4 Å². The summed E-state index contributed by atoms with van der Waals surface area (Å²) in [6.07, 6.45) is 0.839. The Balaban J connectivity index is 1.82. The third-order valence-electron chi connectivity index (χ3n) is 5.52. The average molecular weight is 424 g/mol. The quantitative estimate of drug-likeness (QED) is 0.728. The van der Waals surface area contributed by atoms with Crippen molar-refractivity contribution in [1.82, 2.24) is 0 Å². The van der Waals surface area contributed by atoms with Crippen LogP contribution in [0.25, 0.3) is 0 Å². The van der Waals surface area contributed by atoms with Gasteiger partial charge >= 0.3 is 5.97 Å². The largest absolute Gasteiger partial charge is 0.462 e. The molecule has 1 heterocycles. The zero-order chi connectivity index (χ0) is 21.3. The van der Waals surface area contributed by atoms with E-state index in [1.54, 1.807) is 25.1 Å². The highest BCUT2D eigenvalue weighted by Gasteiger charge is 2.43. The van der Waals surface area contributed by atoms with Gasteiger partial charge in [-0.3, -0.25) is 4.79 Å². The molecule has 0 saturated heterocycles. The van der Waals surface area contributed by atoms with E-state index in [1.165, 1.54) is 0 Å². The van der Waals surface area contributed by atoms with Crippen molar-refractivity contribution in [3.05, 3.63) is 93.5 Å². The van der Waals surface area contributed by atoms with Crippen LogP contribution < -0.4 is 5.73 Å². The first-order valence-corrected chi connectivity index (χ1v) is 10.3. The molecule has 6 heteroatoms. The summed E-state index contributed by atoms with van der Waals surface area (Å²) in [4.78, 5) is 26.1. The highest BCUT2D eigenvalue weighted by atomic mass is 35.5. The average Bonchev–Trinajstić information content (AvgIpc) is 2.74. The summed E-state index contributed by atoms with van der Waals surface area (Å²) in [5.41, 5.74) is 8.45. The van der Waals surface area contributed by atoms with Crippen molar-refractivity contribution in [3.8, 4) is 0 Å². The Morgan fingerprint density at radius 1 is 1.13 bits per heavy atom. The second-order valence-electron chi connectivity index (χ2n) is 7.33. The summed E-state index contributed by atoms with van der Waals surface area (Å²) in [7, 11) is 0. The van der Waals surface area contributed by atoms with Crippen molar-refractivity contribution in [2.24, 2.45) is 5.73 Å². The number of hydrogen-bond acceptors (Lipinski definition) is 5. The van der Waals surface area contributed by atoms with Crippen LogP contribution in [0.4, 0.5) is 0 Å². The molecule has 0 saturated carbocycles.